The lowest BCUT2D eigenvalue weighted by Crippen LogP contribution is -2.08. The van der Waals surface area contributed by atoms with Crippen LogP contribution >= 0.6 is 22.6 Å². The van der Waals surface area contributed by atoms with Crippen molar-refractivity contribution in [3.05, 3.63) is 63.2 Å². The zero-order valence-electron chi connectivity index (χ0n) is 10.5. The molecule has 0 radical (unpaired) electrons. The minimum atomic E-state index is -0.325. The number of hydrogen-bond acceptors (Lipinski definition) is 3. The minimum Gasteiger partial charge on any atom is -0.465 e. The number of anilines is 1. The molecule has 0 aromatic heterocycles. The molecular formula is C15H14INO2. The van der Waals surface area contributed by atoms with Crippen molar-refractivity contribution in [3.8, 4) is 0 Å². The van der Waals surface area contributed by atoms with E-state index in [-0.39, 0.29) is 5.97 Å². The second-order valence-corrected chi connectivity index (χ2v) is 5.27. The Hall–Kier alpha value is -1.56. The lowest BCUT2D eigenvalue weighted by atomic mass is 10.1. The molecular weight excluding hydrogens is 353 g/mol. The average Bonchev–Trinajstić information content (AvgIpc) is 2.46. The van der Waals surface area contributed by atoms with Crippen molar-refractivity contribution in [2.45, 2.75) is 6.54 Å². The molecule has 98 valence electrons. The quantitative estimate of drug-likeness (QED) is 0.662. The van der Waals surface area contributed by atoms with E-state index in [9.17, 15) is 4.79 Å². The van der Waals surface area contributed by atoms with Gasteiger partial charge >= 0.3 is 5.97 Å². The molecule has 0 aliphatic rings. The average molecular weight is 367 g/mol. The van der Waals surface area contributed by atoms with Gasteiger partial charge in [0.05, 0.1) is 12.7 Å². The van der Waals surface area contributed by atoms with Gasteiger partial charge in [-0.3, -0.25) is 0 Å². The Morgan fingerprint density at radius 1 is 1.21 bits per heavy atom. The van der Waals surface area contributed by atoms with Crippen molar-refractivity contribution >= 4 is 34.2 Å². The van der Waals surface area contributed by atoms with Crippen LogP contribution in [-0.4, -0.2) is 13.1 Å². The van der Waals surface area contributed by atoms with Crippen molar-refractivity contribution in [2.75, 3.05) is 12.4 Å². The number of nitrogens with one attached hydrogen (secondary N) is 1. The van der Waals surface area contributed by atoms with Crippen LogP contribution in [-0.2, 0) is 11.3 Å². The van der Waals surface area contributed by atoms with Crippen LogP contribution in [0.5, 0.6) is 0 Å². The molecule has 0 unspecified atom stereocenters. The second kappa shape index (κ2) is 6.56. The third-order valence-electron chi connectivity index (χ3n) is 2.71. The fourth-order valence-electron chi connectivity index (χ4n) is 1.74. The first kappa shape index (κ1) is 13.9. The molecule has 0 fully saturated rings. The van der Waals surface area contributed by atoms with Crippen molar-refractivity contribution < 1.29 is 9.53 Å². The predicted octanol–water partition coefficient (Wildman–Crippen LogP) is 3.69. The van der Waals surface area contributed by atoms with Crippen LogP contribution in [0.15, 0.2) is 48.5 Å². The van der Waals surface area contributed by atoms with Gasteiger partial charge in [0, 0.05) is 15.8 Å². The zero-order valence-corrected chi connectivity index (χ0v) is 12.7. The van der Waals surface area contributed by atoms with Gasteiger partial charge in [0.1, 0.15) is 0 Å². The van der Waals surface area contributed by atoms with Crippen LogP contribution in [0.2, 0.25) is 0 Å². The first-order chi connectivity index (χ1) is 9.20. The van der Waals surface area contributed by atoms with E-state index in [4.69, 9.17) is 4.74 Å². The van der Waals surface area contributed by atoms with Gasteiger partial charge in [-0.2, -0.15) is 0 Å². The number of hydrogen-bond donors (Lipinski definition) is 1. The largest absolute Gasteiger partial charge is 0.465 e. The number of halogens is 1. The molecule has 1 N–H and O–H groups in total. The van der Waals surface area contributed by atoms with Crippen molar-refractivity contribution in [3.63, 3.8) is 0 Å². The summed E-state index contributed by atoms with van der Waals surface area (Å²) < 4.78 is 5.80. The molecule has 0 saturated carbocycles. The number of rotatable bonds is 4. The second-order valence-electron chi connectivity index (χ2n) is 4.02. The molecule has 0 aliphatic heterocycles. The number of carbonyl (C=O) groups excluding carboxylic acids is 1. The van der Waals surface area contributed by atoms with Crippen LogP contribution in [0.4, 0.5) is 5.69 Å². The molecule has 0 saturated heterocycles. The van der Waals surface area contributed by atoms with Crippen LogP contribution in [0, 0.1) is 3.57 Å². The third-order valence-corrected chi connectivity index (χ3v) is 3.38. The standard InChI is InChI=1S/C15H14INO2/c1-19-15(18)13-9-12(16)7-8-14(13)17-10-11-5-3-2-4-6-11/h2-9,17H,10H2,1H3. The first-order valence-electron chi connectivity index (χ1n) is 5.86. The van der Waals surface area contributed by atoms with Gasteiger partial charge in [0.25, 0.3) is 0 Å². The summed E-state index contributed by atoms with van der Waals surface area (Å²) in [6, 6.07) is 15.7. The Balaban J connectivity index is 2.18. The van der Waals surface area contributed by atoms with Gasteiger partial charge in [-0.1, -0.05) is 30.3 Å². The van der Waals surface area contributed by atoms with E-state index < -0.39 is 0 Å². The molecule has 0 spiro atoms. The Morgan fingerprint density at radius 3 is 2.63 bits per heavy atom. The molecule has 4 heteroatoms. The van der Waals surface area contributed by atoms with Gasteiger partial charge in [0.15, 0.2) is 0 Å². The highest BCUT2D eigenvalue weighted by Gasteiger charge is 2.12. The normalized spacial score (nSPS) is 10.0. The highest BCUT2D eigenvalue weighted by Crippen LogP contribution is 2.20. The van der Waals surface area contributed by atoms with E-state index in [0.717, 1.165) is 14.8 Å². The van der Waals surface area contributed by atoms with E-state index in [1.807, 2.05) is 48.5 Å². The van der Waals surface area contributed by atoms with Crippen LogP contribution < -0.4 is 5.32 Å². The summed E-state index contributed by atoms with van der Waals surface area (Å²) in [5.74, 6) is -0.325. The molecule has 2 aromatic rings. The molecule has 0 amide bonds. The molecule has 2 rings (SSSR count). The van der Waals surface area contributed by atoms with E-state index in [1.165, 1.54) is 7.11 Å². The molecule has 0 aliphatic carbocycles. The van der Waals surface area contributed by atoms with Crippen molar-refractivity contribution in [1.29, 1.82) is 0 Å². The molecule has 2 aromatic carbocycles. The van der Waals surface area contributed by atoms with Crippen LogP contribution in [0.3, 0.4) is 0 Å². The van der Waals surface area contributed by atoms with Gasteiger partial charge < -0.3 is 10.1 Å². The Bertz CT molecular complexity index is 570. The number of methoxy groups -OCH3 is 1. The maximum absolute atomic E-state index is 11.7. The molecule has 0 atom stereocenters. The predicted molar refractivity (Wildman–Crippen MR) is 84.3 cm³/mol. The van der Waals surface area contributed by atoms with Gasteiger partial charge in [-0.05, 0) is 46.4 Å². The van der Waals surface area contributed by atoms with Gasteiger partial charge in [0.2, 0.25) is 0 Å². The fraction of sp³-hybridized carbons (Fsp3) is 0.133. The molecule has 0 heterocycles. The van der Waals surface area contributed by atoms with E-state index in [1.54, 1.807) is 0 Å². The highest BCUT2D eigenvalue weighted by molar-refractivity contribution is 14.1. The summed E-state index contributed by atoms with van der Waals surface area (Å²) in [5, 5.41) is 3.27. The van der Waals surface area contributed by atoms with Crippen LogP contribution in [0.25, 0.3) is 0 Å². The van der Waals surface area contributed by atoms with Crippen molar-refractivity contribution in [2.24, 2.45) is 0 Å². The number of esters is 1. The third kappa shape index (κ3) is 3.70. The maximum atomic E-state index is 11.7. The molecule has 19 heavy (non-hydrogen) atoms. The Labute approximate surface area is 126 Å². The summed E-state index contributed by atoms with van der Waals surface area (Å²) in [4.78, 5) is 11.7. The number of ether oxygens (including phenoxy) is 1. The summed E-state index contributed by atoms with van der Waals surface area (Å²) in [7, 11) is 1.39. The number of benzene rings is 2. The number of carbonyl (C=O) groups is 1. The summed E-state index contributed by atoms with van der Waals surface area (Å²) in [5.41, 5.74) is 2.51. The summed E-state index contributed by atoms with van der Waals surface area (Å²) >= 11 is 2.18. The Morgan fingerprint density at radius 2 is 1.95 bits per heavy atom. The monoisotopic (exact) mass is 367 g/mol. The van der Waals surface area contributed by atoms with Crippen molar-refractivity contribution in [1.82, 2.24) is 0 Å². The topological polar surface area (TPSA) is 38.3 Å². The summed E-state index contributed by atoms with van der Waals surface area (Å²) in [6.07, 6.45) is 0. The van der Waals surface area contributed by atoms with E-state index >= 15 is 0 Å². The van der Waals surface area contributed by atoms with Crippen LogP contribution in [0.1, 0.15) is 15.9 Å². The minimum absolute atomic E-state index is 0.325. The van der Waals surface area contributed by atoms with E-state index in [0.29, 0.717) is 12.1 Å². The smallest absolute Gasteiger partial charge is 0.339 e. The Kier molecular flexibility index (Phi) is 4.79. The van der Waals surface area contributed by atoms with Gasteiger partial charge in [-0.25, -0.2) is 4.79 Å². The summed E-state index contributed by atoms with van der Waals surface area (Å²) in [6.45, 7) is 0.672. The maximum Gasteiger partial charge on any atom is 0.339 e. The van der Waals surface area contributed by atoms with E-state index in [2.05, 4.69) is 27.9 Å². The SMILES string of the molecule is COC(=O)c1cc(I)ccc1NCc1ccccc1. The zero-order chi connectivity index (χ0) is 13.7. The lowest BCUT2D eigenvalue weighted by Gasteiger charge is -2.11. The highest BCUT2D eigenvalue weighted by atomic mass is 127. The van der Waals surface area contributed by atoms with Gasteiger partial charge in [-0.15, -0.1) is 0 Å². The molecule has 0 bridgehead atoms. The fourth-order valence-corrected chi connectivity index (χ4v) is 2.23. The lowest BCUT2D eigenvalue weighted by molar-refractivity contribution is 0.0601. The molecule has 3 nitrogen and oxygen atoms in total. The first-order valence-corrected chi connectivity index (χ1v) is 6.94.